The molecule has 3 N–H and O–H groups in total. The molecular weight excluding hydrogens is 670 g/mol. The molecule has 12 nitrogen and oxygen atoms in total. The molecule has 0 aromatic carbocycles. The predicted molar refractivity (Wildman–Crippen MR) is 194 cm³/mol. The fourth-order valence-corrected chi connectivity index (χ4v) is 10.4. The molecule has 0 aromatic rings. The van der Waals surface area contributed by atoms with Crippen LogP contribution in [0.15, 0.2) is 0 Å². The molecule has 18 atom stereocenters. The Bertz CT molecular complexity index is 1180. The summed E-state index contributed by atoms with van der Waals surface area (Å²) in [5, 5.41) is 35.5. The average Bonchev–Trinajstić information content (AvgIpc) is 3.41. The molecule has 52 heavy (non-hydrogen) atoms. The van der Waals surface area contributed by atoms with Crippen molar-refractivity contribution in [1.29, 1.82) is 0 Å². The number of cyclic esters (lactones) is 1. The summed E-state index contributed by atoms with van der Waals surface area (Å²) in [4.78, 5) is 16.6. The van der Waals surface area contributed by atoms with E-state index in [1.165, 1.54) is 13.3 Å². The normalized spacial score (nSPS) is 51.6. The van der Waals surface area contributed by atoms with Gasteiger partial charge in [0.1, 0.15) is 17.8 Å². The highest BCUT2D eigenvalue weighted by atomic mass is 16.7. The van der Waals surface area contributed by atoms with Crippen molar-refractivity contribution in [3.63, 3.8) is 0 Å². The quantitative estimate of drug-likeness (QED) is 0.314. The first-order valence-corrected chi connectivity index (χ1v) is 20.2. The largest absolute Gasteiger partial charge is 0.459 e. The van der Waals surface area contributed by atoms with Crippen LogP contribution in [-0.2, 0) is 38.0 Å². The zero-order valence-corrected chi connectivity index (χ0v) is 33.8. The molecule has 0 spiro atoms. The van der Waals surface area contributed by atoms with Crippen molar-refractivity contribution >= 4 is 5.97 Å². The van der Waals surface area contributed by atoms with Gasteiger partial charge in [-0.15, -0.1) is 0 Å². The number of hydrogen-bond acceptors (Lipinski definition) is 12. The third-order valence-electron chi connectivity index (χ3n) is 13.3. The number of carbonyl (C=O) groups excluding carboxylic acids is 1. The highest BCUT2D eigenvalue weighted by Crippen LogP contribution is 2.48. The summed E-state index contributed by atoms with van der Waals surface area (Å²) in [6.45, 7) is 21.0. The Hall–Kier alpha value is -0.930. The van der Waals surface area contributed by atoms with Gasteiger partial charge in [0.15, 0.2) is 12.6 Å². The molecule has 0 amide bonds. The van der Waals surface area contributed by atoms with Crippen molar-refractivity contribution < 1.29 is 53.3 Å². The number of hydrogen-bond donors (Lipinski definition) is 3. The summed E-state index contributed by atoms with van der Waals surface area (Å²) in [5.41, 5.74) is -3.19. The van der Waals surface area contributed by atoms with Crippen molar-refractivity contribution in [2.75, 3.05) is 20.2 Å². The molecule has 5 fully saturated rings. The van der Waals surface area contributed by atoms with Gasteiger partial charge in [-0.05, 0) is 92.7 Å². The number of fused-ring (bicyclic) bond motifs is 2. The SMILES string of the molecule is CC[C@H]1OC(=O)[C@H](C)[C@@H](O[C@H]2C[C@@](C)(OC)C[C@H](C)O2)[C@H](C)[C@@H](O[C@@H]2O[C@H](C)C[C@H](N3CCCCC3)[C@H]2O)[C@@]2(C)C[C@@H](C)[C@@H](O2)[C@H](C)[C@@H](O)[C@]1(C)O. The van der Waals surface area contributed by atoms with E-state index in [0.29, 0.717) is 32.1 Å². The zero-order chi connectivity index (χ0) is 38.3. The fraction of sp³-hybridized carbons (Fsp3) is 0.975. The third kappa shape index (κ3) is 8.71. The number of piperidine rings is 1. The first-order chi connectivity index (χ1) is 24.3. The van der Waals surface area contributed by atoms with Crippen LogP contribution in [-0.4, -0.2) is 131 Å². The van der Waals surface area contributed by atoms with E-state index < -0.39 is 89.7 Å². The van der Waals surface area contributed by atoms with Crippen molar-refractivity contribution in [3.05, 3.63) is 0 Å². The van der Waals surface area contributed by atoms with Crippen molar-refractivity contribution in [2.24, 2.45) is 23.7 Å². The Labute approximate surface area is 312 Å². The van der Waals surface area contributed by atoms with Crippen LogP contribution >= 0.6 is 0 Å². The van der Waals surface area contributed by atoms with Gasteiger partial charge in [-0.3, -0.25) is 9.69 Å². The molecule has 5 rings (SSSR count). The highest BCUT2D eigenvalue weighted by molar-refractivity contribution is 5.73. The molecule has 0 aliphatic carbocycles. The Morgan fingerprint density at radius 1 is 0.885 bits per heavy atom. The zero-order valence-electron chi connectivity index (χ0n) is 33.8. The van der Waals surface area contributed by atoms with Gasteiger partial charge in [-0.25, -0.2) is 0 Å². The second-order valence-electron chi connectivity index (χ2n) is 17.9. The first-order valence-electron chi connectivity index (χ1n) is 20.2. The minimum atomic E-state index is -1.75. The summed E-state index contributed by atoms with van der Waals surface area (Å²) in [5.74, 6) is -2.43. The molecular formula is C40H71NO11. The number of rotatable bonds is 7. The van der Waals surface area contributed by atoms with Crippen LogP contribution in [0.2, 0.25) is 0 Å². The minimum absolute atomic E-state index is 0.0201. The summed E-state index contributed by atoms with van der Waals surface area (Å²) >= 11 is 0. The lowest BCUT2D eigenvalue weighted by Gasteiger charge is -2.49. The minimum Gasteiger partial charge on any atom is -0.459 e. The maximum Gasteiger partial charge on any atom is 0.311 e. The van der Waals surface area contributed by atoms with E-state index in [0.717, 1.165) is 25.9 Å². The summed E-state index contributed by atoms with van der Waals surface area (Å²) in [6.07, 6.45) is -0.954. The molecule has 5 aliphatic rings. The summed E-state index contributed by atoms with van der Waals surface area (Å²) in [6, 6.07) is -0.115. The number of nitrogens with zero attached hydrogens (tertiary/aromatic N) is 1. The maximum absolute atomic E-state index is 14.2. The van der Waals surface area contributed by atoms with Crippen LogP contribution < -0.4 is 0 Å². The lowest BCUT2D eigenvalue weighted by molar-refractivity contribution is -0.312. The Kier molecular flexibility index (Phi) is 13.5. The Morgan fingerprint density at radius 3 is 2.19 bits per heavy atom. The molecule has 0 radical (unpaired) electrons. The monoisotopic (exact) mass is 742 g/mol. The molecule has 2 bridgehead atoms. The molecule has 0 saturated carbocycles. The number of aliphatic hydroxyl groups is 3. The average molecular weight is 742 g/mol. The molecule has 302 valence electrons. The second kappa shape index (κ2) is 16.7. The Morgan fingerprint density at radius 2 is 1.56 bits per heavy atom. The van der Waals surface area contributed by atoms with Crippen molar-refractivity contribution in [1.82, 2.24) is 4.90 Å². The van der Waals surface area contributed by atoms with Gasteiger partial charge in [0.2, 0.25) is 0 Å². The van der Waals surface area contributed by atoms with Crippen molar-refractivity contribution in [3.8, 4) is 0 Å². The fourth-order valence-electron chi connectivity index (χ4n) is 10.4. The maximum atomic E-state index is 14.2. The van der Waals surface area contributed by atoms with Gasteiger partial charge in [0.25, 0.3) is 0 Å². The van der Waals surface area contributed by atoms with Crippen LogP contribution in [0.25, 0.3) is 0 Å². The summed E-state index contributed by atoms with van der Waals surface area (Å²) < 4.78 is 45.8. The number of aliphatic hydroxyl groups excluding tert-OH is 2. The number of esters is 1. The van der Waals surface area contributed by atoms with E-state index in [2.05, 4.69) is 11.8 Å². The highest BCUT2D eigenvalue weighted by Gasteiger charge is 2.58. The smallest absolute Gasteiger partial charge is 0.311 e. The third-order valence-corrected chi connectivity index (χ3v) is 13.3. The molecule has 5 saturated heterocycles. The lowest BCUT2D eigenvalue weighted by atomic mass is 9.76. The standard InChI is InChI=1S/C40H71NO11/c1-12-29-40(10,45)34(43)25(5)32-22(2)19-39(9,52-32)35(51-37-31(42)28(18-23(3)48-37)41-16-14-13-15-17-41)26(6)33(27(7)36(44)49-29)50-30-21-38(8,46-11)20-24(4)47-30/h22-35,37,42-43,45H,12-21H2,1-11H3/t22-,23-,24+,25+,26+,27-,28+,29-,30+,31-,32-,33+,34-,35-,37+,38+,39-,40-/m1/s1. The van der Waals surface area contributed by atoms with E-state index >= 15 is 0 Å². The predicted octanol–water partition coefficient (Wildman–Crippen LogP) is 4.58. The van der Waals surface area contributed by atoms with Crippen LogP contribution in [0.5, 0.6) is 0 Å². The van der Waals surface area contributed by atoms with E-state index in [1.807, 2.05) is 48.5 Å². The van der Waals surface area contributed by atoms with E-state index in [4.69, 9.17) is 33.2 Å². The van der Waals surface area contributed by atoms with E-state index in [-0.39, 0.29) is 24.2 Å². The van der Waals surface area contributed by atoms with E-state index in [1.54, 1.807) is 14.0 Å². The van der Waals surface area contributed by atoms with E-state index in [9.17, 15) is 20.1 Å². The van der Waals surface area contributed by atoms with Gasteiger partial charge in [0.05, 0.1) is 53.7 Å². The van der Waals surface area contributed by atoms with Gasteiger partial charge in [-0.1, -0.05) is 34.1 Å². The van der Waals surface area contributed by atoms with Crippen LogP contribution in [0.1, 0.15) is 121 Å². The van der Waals surface area contributed by atoms with Gasteiger partial charge < -0.3 is 48.5 Å². The van der Waals surface area contributed by atoms with Crippen molar-refractivity contribution in [2.45, 2.75) is 205 Å². The second-order valence-corrected chi connectivity index (χ2v) is 17.9. The molecule has 5 heterocycles. The van der Waals surface area contributed by atoms with Crippen LogP contribution in [0.4, 0.5) is 0 Å². The summed E-state index contributed by atoms with van der Waals surface area (Å²) in [7, 11) is 1.69. The number of carbonyl (C=O) groups is 1. The number of methoxy groups -OCH3 is 1. The molecule has 12 heteroatoms. The molecule has 0 aromatic heterocycles. The van der Waals surface area contributed by atoms with Gasteiger partial charge in [-0.2, -0.15) is 0 Å². The van der Waals surface area contributed by atoms with Gasteiger partial charge >= 0.3 is 5.97 Å². The number of likely N-dealkylation sites (tertiary alicyclic amines) is 1. The first kappa shape index (κ1) is 42.2. The molecule has 5 aliphatic heterocycles. The van der Waals surface area contributed by atoms with Gasteiger partial charge in [0, 0.05) is 37.8 Å². The topological polar surface area (TPSA) is 146 Å². The Balaban J connectivity index is 1.57. The lowest BCUT2D eigenvalue weighted by Crippen LogP contribution is -2.60. The van der Waals surface area contributed by atoms with Crippen LogP contribution in [0.3, 0.4) is 0 Å². The molecule has 0 unspecified atom stereocenters. The van der Waals surface area contributed by atoms with Crippen LogP contribution in [0, 0.1) is 23.7 Å². The number of ether oxygens (including phenoxy) is 7.